The number of benzene rings is 5. The molecular formula is C40H39ClN6. The number of likely N-dealkylation sites (tertiary alicyclic amines) is 1. The van der Waals surface area contributed by atoms with Crippen LogP contribution in [0.5, 0.6) is 0 Å². The molecule has 0 radical (unpaired) electrons. The van der Waals surface area contributed by atoms with E-state index < -0.39 is 5.54 Å². The Morgan fingerprint density at radius 1 is 0.745 bits per heavy atom. The SMILES string of the molecule is CC(Nc1cccc(CN2CCCCC2)c1)c1cccc(-c2nnnn2C(c2ccccc2)(c2ccccc2)c2ccccc2Cl)c1. The number of aromatic nitrogens is 4. The monoisotopic (exact) mass is 638 g/mol. The first-order valence-corrected chi connectivity index (χ1v) is 16.8. The number of piperidine rings is 1. The van der Waals surface area contributed by atoms with Crippen molar-refractivity contribution in [1.29, 1.82) is 0 Å². The Hall–Kier alpha value is -4.78. The first kappa shape index (κ1) is 30.9. The molecule has 0 bridgehead atoms. The molecule has 0 spiro atoms. The van der Waals surface area contributed by atoms with Crippen LogP contribution < -0.4 is 5.32 Å². The number of nitrogens with zero attached hydrogens (tertiary/aromatic N) is 5. The highest BCUT2D eigenvalue weighted by Gasteiger charge is 2.43. The van der Waals surface area contributed by atoms with Gasteiger partial charge in [-0.1, -0.05) is 127 Å². The van der Waals surface area contributed by atoms with Crippen LogP contribution in [0.1, 0.15) is 60.0 Å². The summed E-state index contributed by atoms with van der Waals surface area (Å²) in [4.78, 5) is 2.56. The summed E-state index contributed by atoms with van der Waals surface area (Å²) in [6.45, 7) is 5.57. The fraction of sp³-hybridized carbons (Fsp3) is 0.225. The van der Waals surface area contributed by atoms with Crippen LogP contribution in [0.3, 0.4) is 0 Å². The summed E-state index contributed by atoms with van der Waals surface area (Å²) in [5.41, 5.74) is 6.48. The average Bonchev–Trinajstić information content (AvgIpc) is 3.61. The molecule has 1 unspecified atom stereocenters. The van der Waals surface area contributed by atoms with Gasteiger partial charge in [0, 0.05) is 34.4 Å². The van der Waals surface area contributed by atoms with Gasteiger partial charge in [0.25, 0.3) is 0 Å². The number of hydrogen-bond donors (Lipinski definition) is 1. The predicted molar refractivity (Wildman–Crippen MR) is 190 cm³/mol. The van der Waals surface area contributed by atoms with Crippen molar-refractivity contribution in [2.45, 2.75) is 44.3 Å². The third kappa shape index (κ3) is 6.31. The Morgan fingerprint density at radius 2 is 1.43 bits per heavy atom. The van der Waals surface area contributed by atoms with E-state index in [2.05, 4.69) is 106 Å². The summed E-state index contributed by atoms with van der Waals surface area (Å²) in [6, 6.07) is 46.0. The van der Waals surface area contributed by atoms with Crippen molar-refractivity contribution >= 4 is 17.3 Å². The van der Waals surface area contributed by atoms with E-state index in [1.807, 2.05) is 59.3 Å². The molecule has 7 rings (SSSR count). The first-order valence-electron chi connectivity index (χ1n) is 16.5. The van der Waals surface area contributed by atoms with Gasteiger partial charge < -0.3 is 5.32 Å². The van der Waals surface area contributed by atoms with E-state index in [0.29, 0.717) is 10.8 Å². The maximum atomic E-state index is 7.04. The molecule has 0 saturated carbocycles. The van der Waals surface area contributed by atoms with Crippen LogP contribution in [0, 0.1) is 0 Å². The largest absolute Gasteiger partial charge is 0.379 e. The second kappa shape index (κ2) is 13.9. The van der Waals surface area contributed by atoms with Crippen LogP contribution in [0.4, 0.5) is 5.69 Å². The number of anilines is 1. The van der Waals surface area contributed by atoms with Gasteiger partial charge >= 0.3 is 0 Å². The Labute approximate surface area is 282 Å². The van der Waals surface area contributed by atoms with Gasteiger partial charge in [0.15, 0.2) is 5.82 Å². The molecule has 1 aromatic heterocycles. The van der Waals surface area contributed by atoms with Crippen molar-refractivity contribution < 1.29 is 0 Å². The maximum absolute atomic E-state index is 7.04. The molecule has 6 nitrogen and oxygen atoms in total. The normalized spacial score (nSPS) is 14.5. The minimum atomic E-state index is -0.936. The molecule has 236 valence electrons. The molecule has 1 fully saturated rings. The highest BCUT2D eigenvalue weighted by molar-refractivity contribution is 6.31. The molecule has 7 heteroatoms. The van der Waals surface area contributed by atoms with E-state index in [1.54, 1.807) is 0 Å². The number of halogens is 1. The van der Waals surface area contributed by atoms with Gasteiger partial charge in [-0.15, -0.1) is 5.10 Å². The Morgan fingerprint density at radius 3 is 2.15 bits per heavy atom. The number of nitrogens with one attached hydrogen (secondary N) is 1. The van der Waals surface area contributed by atoms with Gasteiger partial charge in [0.1, 0.15) is 5.54 Å². The smallest absolute Gasteiger partial charge is 0.183 e. The Bertz CT molecular complexity index is 1880. The Kier molecular flexibility index (Phi) is 9.14. The summed E-state index contributed by atoms with van der Waals surface area (Å²) < 4.78 is 1.93. The summed E-state index contributed by atoms with van der Waals surface area (Å²) in [7, 11) is 0. The van der Waals surface area contributed by atoms with E-state index in [-0.39, 0.29) is 6.04 Å². The number of rotatable bonds is 10. The number of tetrazole rings is 1. The van der Waals surface area contributed by atoms with E-state index >= 15 is 0 Å². The standard InChI is InChI=1S/C40H39ClN6/c1-30(42-36-22-13-15-31(27-36)29-46-25-11-4-12-26-46)32-16-14-17-33(28-32)39-43-44-45-47(39)40(34-18-5-2-6-19-34,35-20-7-3-8-21-35)37-23-9-10-24-38(37)41/h2-3,5-10,13-24,27-28,30,42H,4,11-12,25-26,29H2,1H3. The fourth-order valence-corrected chi connectivity index (χ4v) is 7.23. The average molecular weight is 639 g/mol. The van der Waals surface area contributed by atoms with Crippen LogP contribution in [0.15, 0.2) is 133 Å². The van der Waals surface area contributed by atoms with Gasteiger partial charge in [0.05, 0.1) is 0 Å². The third-order valence-corrected chi connectivity index (χ3v) is 9.57. The fourth-order valence-electron chi connectivity index (χ4n) is 6.96. The third-order valence-electron chi connectivity index (χ3n) is 9.24. The summed E-state index contributed by atoms with van der Waals surface area (Å²) in [6.07, 6.45) is 3.94. The lowest BCUT2D eigenvalue weighted by atomic mass is 9.76. The molecule has 0 amide bonds. The van der Waals surface area contributed by atoms with Gasteiger partial charge in [-0.25, -0.2) is 4.68 Å². The van der Waals surface area contributed by atoms with Crippen LogP contribution in [0.2, 0.25) is 5.02 Å². The van der Waals surface area contributed by atoms with Crippen LogP contribution >= 0.6 is 11.6 Å². The topological polar surface area (TPSA) is 58.9 Å². The molecule has 47 heavy (non-hydrogen) atoms. The lowest BCUT2D eigenvalue weighted by Crippen LogP contribution is -2.39. The van der Waals surface area contributed by atoms with E-state index in [0.717, 1.165) is 40.0 Å². The highest BCUT2D eigenvalue weighted by Crippen LogP contribution is 2.44. The van der Waals surface area contributed by atoms with E-state index in [9.17, 15) is 0 Å². The zero-order chi connectivity index (χ0) is 32.1. The molecule has 1 aliphatic rings. The second-order valence-corrected chi connectivity index (χ2v) is 12.8. The molecule has 1 N–H and O–H groups in total. The van der Waals surface area contributed by atoms with E-state index in [4.69, 9.17) is 16.8 Å². The van der Waals surface area contributed by atoms with E-state index in [1.165, 1.54) is 37.9 Å². The minimum Gasteiger partial charge on any atom is -0.379 e. The summed E-state index contributed by atoms with van der Waals surface area (Å²) in [5.74, 6) is 0.648. The van der Waals surface area contributed by atoms with Crippen molar-refractivity contribution in [3.8, 4) is 11.4 Å². The maximum Gasteiger partial charge on any atom is 0.183 e. The van der Waals surface area contributed by atoms with Crippen molar-refractivity contribution in [3.63, 3.8) is 0 Å². The quantitative estimate of drug-likeness (QED) is 0.152. The molecule has 5 aromatic carbocycles. The van der Waals surface area contributed by atoms with Gasteiger partial charge in [0.2, 0.25) is 0 Å². The van der Waals surface area contributed by atoms with Crippen molar-refractivity contribution in [1.82, 2.24) is 25.1 Å². The highest BCUT2D eigenvalue weighted by atomic mass is 35.5. The van der Waals surface area contributed by atoms with Crippen molar-refractivity contribution in [2.75, 3.05) is 18.4 Å². The zero-order valence-corrected chi connectivity index (χ0v) is 27.4. The molecule has 1 saturated heterocycles. The van der Waals surface area contributed by atoms with Gasteiger partial charge in [-0.3, -0.25) is 4.90 Å². The van der Waals surface area contributed by atoms with Gasteiger partial charge in [-0.2, -0.15) is 0 Å². The molecular weight excluding hydrogens is 600 g/mol. The molecule has 2 heterocycles. The summed E-state index contributed by atoms with van der Waals surface area (Å²) >= 11 is 7.04. The summed E-state index contributed by atoms with van der Waals surface area (Å²) in [5, 5.41) is 18.0. The molecule has 1 atom stereocenters. The molecule has 1 aliphatic heterocycles. The van der Waals surface area contributed by atoms with Gasteiger partial charge in [-0.05, 0) is 89.8 Å². The van der Waals surface area contributed by atoms with Crippen molar-refractivity contribution in [2.24, 2.45) is 0 Å². The first-order chi connectivity index (χ1) is 23.1. The zero-order valence-electron chi connectivity index (χ0n) is 26.6. The molecule has 0 aliphatic carbocycles. The lowest BCUT2D eigenvalue weighted by molar-refractivity contribution is 0.221. The number of hydrogen-bond acceptors (Lipinski definition) is 5. The minimum absolute atomic E-state index is 0.0566. The lowest BCUT2D eigenvalue weighted by Gasteiger charge is -2.37. The van der Waals surface area contributed by atoms with Crippen LogP contribution in [-0.4, -0.2) is 38.2 Å². The predicted octanol–water partition coefficient (Wildman–Crippen LogP) is 8.99. The Balaban J connectivity index is 1.27. The van der Waals surface area contributed by atoms with Crippen molar-refractivity contribution in [3.05, 3.63) is 166 Å². The molecule has 6 aromatic rings. The second-order valence-electron chi connectivity index (χ2n) is 12.4. The van der Waals surface area contributed by atoms with Crippen LogP contribution in [0.25, 0.3) is 11.4 Å². The van der Waals surface area contributed by atoms with Crippen LogP contribution in [-0.2, 0) is 12.1 Å².